The smallest absolute Gasteiger partial charge is 0 e. The minimum atomic E-state index is 0. The van der Waals surface area contributed by atoms with E-state index in [4.69, 9.17) is 0 Å². The van der Waals surface area contributed by atoms with Gasteiger partial charge in [0.05, 0.1) is 0 Å². The molecule has 0 atom stereocenters. The van der Waals surface area contributed by atoms with Gasteiger partial charge in [-0.2, -0.15) is 13.5 Å². The van der Waals surface area contributed by atoms with E-state index < -0.39 is 0 Å². The molecule has 0 amide bonds. The molecule has 0 aromatic rings. The predicted molar refractivity (Wildman–Crippen MR) is 27.5 cm³/mol. The van der Waals surface area contributed by atoms with E-state index in [0.29, 0.717) is 0 Å². The van der Waals surface area contributed by atoms with E-state index in [-0.39, 0.29) is 101 Å². The van der Waals surface area contributed by atoms with Gasteiger partial charge < -0.3 is 0 Å². The quantitative estimate of drug-likeness (QED) is 0.408. The zero-order chi connectivity index (χ0) is 0. The van der Waals surface area contributed by atoms with E-state index in [9.17, 15) is 0 Å². The third-order valence-corrected chi connectivity index (χ3v) is 0. The third-order valence-electron chi connectivity index (χ3n) is 0. The zero-order valence-electron chi connectivity index (χ0n) is 2.91. The fraction of sp³-hybridized carbons (Fsp3) is 0. The molecule has 0 fully saturated rings. The van der Waals surface area contributed by atoms with Crippen LogP contribution in [0.5, 0.6) is 0 Å². The summed E-state index contributed by atoms with van der Waals surface area (Å²) < 4.78 is 0. The van der Waals surface area contributed by atoms with Crippen molar-refractivity contribution in [3.63, 3.8) is 0 Å². The van der Waals surface area contributed by atoms with Crippen LogP contribution in [-0.2, 0) is 46.8 Å². The maximum atomic E-state index is 0. The summed E-state index contributed by atoms with van der Waals surface area (Å²) in [6.07, 6.45) is 0. The van der Waals surface area contributed by atoms with E-state index in [2.05, 4.69) is 0 Å². The first-order valence-electron chi connectivity index (χ1n) is 0. The maximum Gasteiger partial charge on any atom is 0 e. The molecule has 5 heteroatoms. The van der Waals surface area contributed by atoms with Crippen LogP contribution in [0.25, 0.3) is 0 Å². The second-order valence-corrected chi connectivity index (χ2v) is 0. The Hall–Kier alpha value is 3.20. The molecule has 0 aromatic heterocycles. The van der Waals surface area contributed by atoms with Crippen molar-refractivity contribution in [2.24, 2.45) is 0 Å². The van der Waals surface area contributed by atoms with Crippen molar-refractivity contribution in [1.82, 2.24) is 0 Å². The van der Waals surface area contributed by atoms with Crippen LogP contribution in [0.2, 0.25) is 0 Å². The van der Waals surface area contributed by atoms with Crippen LogP contribution in [0.15, 0.2) is 0 Å². The molecule has 0 aliphatic carbocycles. The molecule has 0 heterocycles. The van der Waals surface area contributed by atoms with Gasteiger partial charge in [0.1, 0.15) is 0 Å². The Kier molecular flexibility index (Phi) is 224. The number of hydrogen-bond donors (Lipinski definition) is 0. The average Bonchev–Trinajstić information content (AvgIpc) is 0. The molecule has 0 radical (unpaired) electrons. The van der Waals surface area contributed by atoms with Crippen LogP contribution in [0.4, 0.5) is 0 Å². The Labute approximate surface area is 99.2 Å². The fourth-order valence-corrected chi connectivity index (χ4v) is 0. The van der Waals surface area contributed by atoms with Gasteiger partial charge in [0, 0.05) is 46.8 Å². The van der Waals surface area contributed by atoms with Crippen LogP contribution < -0.4 is 0 Å². The third kappa shape index (κ3) is 19.0. The first-order valence-corrected chi connectivity index (χ1v) is 0. The molecule has 0 aliphatic heterocycles. The van der Waals surface area contributed by atoms with Gasteiger partial charge in [0.15, 0.2) is 0 Å². The summed E-state index contributed by atoms with van der Waals surface area (Å²) in [5.41, 5.74) is 0. The molecule has 28 valence electrons. The molecular formula is H6CdSSeTeZn. The summed E-state index contributed by atoms with van der Waals surface area (Å²) in [6, 6.07) is 0. The molecule has 0 saturated heterocycles. The monoisotopic (exact) mass is 426 g/mol. The molecular weight excluding hydrogens is 416 g/mol. The van der Waals surface area contributed by atoms with Crippen LogP contribution >= 0.6 is 13.5 Å². The first-order chi connectivity index (χ1) is 0. The summed E-state index contributed by atoms with van der Waals surface area (Å²) in [4.78, 5) is 0. The second kappa shape index (κ2) is 27.0. The molecule has 0 rings (SSSR count). The van der Waals surface area contributed by atoms with Gasteiger partial charge in [0.2, 0.25) is 0 Å². The maximum absolute atomic E-state index is 0. The topological polar surface area (TPSA) is 0 Å². The molecule has 0 spiro atoms. The molecule has 0 nitrogen and oxygen atoms in total. The summed E-state index contributed by atoms with van der Waals surface area (Å²) in [7, 11) is 0. The van der Waals surface area contributed by atoms with Crippen LogP contribution in [0.1, 0.15) is 0 Å². The van der Waals surface area contributed by atoms with Gasteiger partial charge in [0.25, 0.3) is 0 Å². The molecule has 0 N–H and O–H groups in total. The van der Waals surface area contributed by atoms with E-state index in [1.807, 2.05) is 0 Å². The molecule has 0 aromatic carbocycles. The standard InChI is InChI=1S/Cd.H2S.H2Se.H2Te.Zn/h;3*1H2;. The predicted octanol–water partition coefficient (Wildman–Crippen LogP) is -1.72. The van der Waals surface area contributed by atoms with Gasteiger partial charge in [-0.05, 0) is 0 Å². The average molecular weight is 422 g/mol. The van der Waals surface area contributed by atoms with Crippen molar-refractivity contribution in [3.05, 3.63) is 0 Å². The van der Waals surface area contributed by atoms with Crippen molar-refractivity contribution in [2.45, 2.75) is 0 Å². The molecule has 0 unspecified atom stereocenters. The van der Waals surface area contributed by atoms with Crippen LogP contribution in [-0.4, -0.2) is 40.7 Å². The van der Waals surface area contributed by atoms with Gasteiger partial charge in [-0.3, -0.25) is 0 Å². The van der Waals surface area contributed by atoms with Crippen molar-refractivity contribution in [3.8, 4) is 0 Å². The Morgan fingerprint density at radius 2 is 1.00 bits per heavy atom. The Morgan fingerprint density at radius 1 is 1.00 bits per heavy atom. The Bertz CT molecular complexity index is 11.6. The van der Waals surface area contributed by atoms with Gasteiger partial charge in [-0.15, -0.1) is 0 Å². The molecule has 0 bridgehead atoms. The summed E-state index contributed by atoms with van der Waals surface area (Å²) >= 11 is 0. The molecule has 0 saturated carbocycles. The Balaban J connectivity index is 0. The van der Waals surface area contributed by atoms with Gasteiger partial charge in [-0.25, -0.2) is 0 Å². The fourth-order valence-electron chi connectivity index (χ4n) is 0. The van der Waals surface area contributed by atoms with Crippen LogP contribution in [0.3, 0.4) is 0 Å². The summed E-state index contributed by atoms with van der Waals surface area (Å²) in [5.74, 6) is 0. The minimum absolute atomic E-state index is 0. The summed E-state index contributed by atoms with van der Waals surface area (Å²) in [6.45, 7) is 0. The van der Waals surface area contributed by atoms with Crippen molar-refractivity contribution in [2.75, 3.05) is 0 Å². The Morgan fingerprint density at radius 3 is 1.00 bits per heavy atom. The minimum Gasteiger partial charge on any atom is 0 e. The van der Waals surface area contributed by atoms with Gasteiger partial charge >= 0.3 is 40.7 Å². The first kappa shape index (κ1) is 41.5. The molecule has 0 aliphatic rings. The van der Waals surface area contributed by atoms with Crippen molar-refractivity contribution < 1.29 is 46.8 Å². The van der Waals surface area contributed by atoms with Crippen molar-refractivity contribution in [1.29, 1.82) is 0 Å². The molecule has 5 heavy (non-hydrogen) atoms. The van der Waals surface area contributed by atoms with E-state index in [1.54, 1.807) is 0 Å². The summed E-state index contributed by atoms with van der Waals surface area (Å²) in [5, 5.41) is 0. The largest absolute Gasteiger partial charge is 0 e. The second-order valence-electron chi connectivity index (χ2n) is 0. The zero-order valence-corrected chi connectivity index (χ0v) is 15.9. The van der Waals surface area contributed by atoms with Crippen molar-refractivity contribution >= 4 is 54.2 Å². The van der Waals surface area contributed by atoms with E-state index >= 15 is 0 Å². The van der Waals surface area contributed by atoms with Crippen LogP contribution in [0, 0.1) is 0 Å². The number of rotatable bonds is 0. The SMILES string of the molecule is S.[Cd].[SeH2].[TeH2].[Zn]. The van der Waals surface area contributed by atoms with Gasteiger partial charge in [-0.1, -0.05) is 0 Å². The normalized spacial score (nSPS) is 0. The number of hydrogen-bond acceptors (Lipinski definition) is 0. The van der Waals surface area contributed by atoms with E-state index in [0.717, 1.165) is 0 Å². The van der Waals surface area contributed by atoms with E-state index in [1.165, 1.54) is 0 Å².